The number of ether oxygens (including phenoxy) is 1. The van der Waals surface area contributed by atoms with Gasteiger partial charge in [0.1, 0.15) is 5.75 Å². The van der Waals surface area contributed by atoms with Crippen LogP contribution < -0.4 is 4.74 Å². The second kappa shape index (κ2) is 5.18. The maximum Gasteiger partial charge on any atom is 0.337 e. The average molecular weight is 296 g/mol. The first-order chi connectivity index (χ1) is 10.5. The van der Waals surface area contributed by atoms with Gasteiger partial charge < -0.3 is 14.4 Å². The van der Waals surface area contributed by atoms with Crippen molar-refractivity contribution in [3.63, 3.8) is 0 Å². The van der Waals surface area contributed by atoms with E-state index in [-0.39, 0.29) is 5.56 Å². The van der Waals surface area contributed by atoms with Crippen molar-refractivity contribution in [2.24, 2.45) is 7.05 Å². The Bertz CT molecular complexity index is 864. The highest BCUT2D eigenvalue weighted by Crippen LogP contribution is 2.34. The van der Waals surface area contributed by atoms with Gasteiger partial charge in [-0.15, -0.1) is 0 Å². The fraction of sp³-hybridized carbons (Fsp3) is 0.176. The lowest BCUT2D eigenvalue weighted by Crippen LogP contribution is -1.97. The van der Waals surface area contributed by atoms with Gasteiger partial charge in [-0.3, -0.25) is 4.98 Å². The molecule has 0 atom stereocenters. The van der Waals surface area contributed by atoms with E-state index in [0.29, 0.717) is 0 Å². The van der Waals surface area contributed by atoms with Crippen LogP contribution in [-0.4, -0.2) is 27.7 Å². The van der Waals surface area contributed by atoms with Gasteiger partial charge in [-0.2, -0.15) is 0 Å². The van der Waals surface area contributed by atoms with Gasteiger partial charge in [-0.05, 0) is 31.2 Å². The summed E-state index contributed by atoms with van der Waals surface area (Å²) in [6.07, 6.45) is 1.39. The van der Waals surface area contributed by atoms with Crippen LogP contribution in [0.2, 0.25) is 0 Å². The zero-order valence-electron chi connectivity index (χ0n) is 12.6. The molecule has 2 heterocycles. The Morgan fingerprint density at radius 1 is 1.27 bits per heavy atom. The lowest BCUT2D eigenvalue weighted by molar-refractivity contribution is 0.0696. The van der Waals surface area contributed by atoms with E-state index in [1.165, 1.54) is 6.20 Å². The fourth-order valence-corrected chi connectivity index (χ4v) is 2.66. The van der Waals surface area contributed by atoms with Crippen LogP contribution in [0.1, 0.15) is 16.1 Å². The molecular weight excluding hydrogens is 280 g/mol. The van der Waals surface area contributed by atoms with Gasteiger partial charge in [0.25, 0.3) is 0 Å². The molecule has 3 aromatic rings. The standard InChI is InChI=1S/C17H16N2O3/c1-10-16(14-7-4-11(9-18-14)17(20)21)13-6-5-12(22-3)8-15(13)19(10)2/h4-9H,1-3H3,(H,20,21). The summed E-state index contributed by atoms with van der Waals surface area (Å²) in [5.41, 5.74) is 4.08. The zero-order chi connectivity index (χ0) is 15.9. The van der Waals surface area contributed by atoms with E-state index in [2.05, 4.69) is 9.55 Å². The van der Waals surface area contributed by atoms with Crippen molar-refractivity contribution < 1.29 is 14.6 Å². The monoisotopic (exact) mass is 296 g/mol. The normalized spacial score (nSPS) is 10.9. The molecule has 0 fully saturated rings. The van der Waals surface area contributed by atoms with Crippen molar-refractivity contribution in [3.8, 4) is 17.0 Å². The minimum absolute atomic E-state index is 0.184. The summed E-state index contributed by atoms with van der Waals surface area (Å²) in [5.74, 6) is -0.174. The maximum atomic E-state index is 10.9. The van der Waals surface area contributed by atoms with Crippen LogP contribution >= 0.6 is 0 Å². The molecule has 112 valence electrons. The molecule has 0 spiro atoms. The SMILES string of the molecule is COc1ccc2c(-c3ccc(C(=O)O)cn3)c(C)n(C)c2c1. The minimum Gasteiger partial charge on any atom is -0.497 e. The van der Waals surface area contributed by atoms with Gasteiger partial charge >= 0.3 is 5.97 Å². The number of aromatic carboxylic acids is 1. The van der Waals surface area contributed by atoms with Gasteiger partial charge in [0.05, 0.1) is 23.9 Å². The Kier molecular flexibility index (Phi) is 3.33. The predicted octanol–water partition coefficient (Wildman–Crippen LogP) is 3.26. The first kappa shape index (κ1) is 14.1. The van der Waals surface area contributed by atoms with Gasteiger partial charge in [-0.1, -0.05) is 0 Å². The van der Waals surface area contributed by atoms with E-state index in [0.717, 1.165) is 33.6 Å². The van der Waals surface area contributed by atoms with Crippen LogP contribution in [0.4, 0.5) is 0 Å². The fourth-order valence-electron chi connectivity index (χ4n) is 2.66. The summed E-state index contributed by atoms with van der Waals surface area (Å²) in [5, 5.41) is 10.0. The van der Waals surface area contributed by atoms with Crippen LogP contribution in [0.3, 0.4) is 0 Å². The van der Waals surface area contributed by atoms with E-state index >= 15 is 0 Å². The summed E-state index contributed by atoms with van der Waals surface area (Å²) in [4.78, 5) is 15.3. The van der Waals surface area contributed by atoms with Crippen LogP contribution in [0.25, 0.3) is 22.2 Å². The molecule has 0 bridgehead atoms. The molecule has 2 aromatic heterocycles. The molecule has 22 heavy (non-hydrogen) atoms. The first-order valence-corrected chi connectivity index (χ1v) is 6.85. The molecule has 5 nitrogen and oxygen atoms in total. The molecule has 0 amide bonds. The highest BCUT2D eigenvalue weighted by atomic mass is 16.5. The van der Waals surface area contributed by atoms with E-state index < -0.39 is 5.97 Å². The molecular formula is C17H16N2O3. The molecule has 0 radical (unpaired) electrons. The quantitative estimate of drug-likeness (QED) is 0.805. The third-order valence-corrected chi connectivity index (χ3v) is 3.97. The van der Waals surface area contributed by atoms with Crippen molar-refractivity contribution in [1.29, 1.82) is 0 Å². The second-order valence-electron chi connectivity index (χ2n) is 5.14. The maximum absolute atomic E-state index is 10.9. The number of aromatic nitrogens is 2. The molecule has 0 saturated heterocycles. The number of hydrogen-bond acceptors (Lipinski definition) is 3. The molecule has 0 aliphatic rings. The number of carboxylic acids is 1. The minimum atomic E-state index is -0.974. The first-order valence-electron chi connectivity index (χ1n) is 6.85. The predicted molar refractivity (Wildman–Crippen MR) is 84.4 cm³/mol. The Labute approximate surface area is 127 Å². The number of carbonyl (C=O) groups is 1. The summed E-state index contributed by atoms with van der Waals surface area (Å²) >= 11 is 0. The number of fused-ring (bicyclic) bond motifs is 1. The smallest absolute Gasteiger partial charge is 0.337 e. The molecule has 3 rings (SSSR count). The number of aryl methyl sites for hydroxylation is 1. The summed E-state index contributed by atoms with van der Waals surface area (Å²) in [6, 6.07) is 9.22. The van der Waals surface area contributed by atoms with Gasteiger partial charge in [-0.25, -0.2) is 4.79 Å². The second-order valence-corrected chi connectivity index (χ2v) is 5.14. The summed E-state index contributed by atoms with van der Waals surface area (Å²) in [6.45, 7) is 2.02. The van der Waals surface area contributed by atoms with E-state index in [1.807, 2.05) is 32.2 Å². The molecule has 0 aliphatic heterocycles. The Hall–Kier alpha value is -2.82. The van der Waals surface area contributed by atoms with Crippen molar-refractivity contribution >= 4 is 16.9 Å². The molecule has 1 N–H and O–H groups in total. The Morgan fingerprint density at radius 2 is 2.05 bits per heavy atom. The molecule has 0 saturated carbocycles. The lowest BCUT2D eigenvalue weighted by atomic mass is 10.1. The van der Waals surface area contributed by atoms with Crippen LogP contribution in [0.15, 0.2) is 36.5 Å². The van der Waals surface area contributed by atoms with Crippen molar-refractivity contribution in [2.75, 3.05) is 7.11 Å². The number of nitrogens with zero attached hydrogens (tertiary/aromatic N) is 2. The number of methoxy groups -OCH3 is 1. The number of pyridine rings is 1. The third kappa shape index (κ3) is 2.11. The van der Waals surface area contributed by atoms with Crippen LogP contribution in [0, 0.1) is 6.92 Å². The van der Waals surface area contributed by atoms with Gasteiger partial charge in [0.15, 0.2) is 0 Å². The van der Waals surface area contributed by atoms with Crippen LogP contribution in [-0.2, 0) is 7.05 Å². The summed E-state index contributed by atoms with van der Waals surface area (Å²) < 4.78 is 7.36. The van der Waals surface area contributed by atoms with E-state index in [1.54, 1.807) is 19.2 Å². The van der Waals surface area contributed by atoms with E-state index in [9.17, 15) is 4.79 Å². The topological polar surface area (TPSA) is 64.3 Å². The van der Waals surface area contributed by atoms with Crippen molar-refractivity contribution in [2.45, 2.75) is 6.92 Å². The molecule has 5 heteroatoms. The third-order valence-electron chi connectivity index (χ3n) is 3.97. The van der Waals surface area contributed by atoms with E-state index in [4.69, 9.17) is 9.84 Å². The zero-order valence-corrected chi connectivity index (χ0v) is 12.6. The summed E-state index contributed by atoms with van der Waals surface area (Å²) in [7, 11) is 3.64. The average Bonchev–Trinajstić information content (AvgIpc) is 2.78. The number of hydrogen-bond donors (Lipinski definition) is 1. The van der Waals surface area contributed by atoms with Crippen LogP contribution in [0.5, 0.6) is 5.75 Å². The van der Waals surface area contributed by atoms with Crippen molar-refractivity contribution in [1.82, 2.24) is 9.55 Å². The number of benzene rings is 1. The molecule has 0 aliphatic carbocycles. The molecule has 1 aromatic carbocycles. The van der Waals surface area contributed by atoms with Crippen molar-refractivity contribution in [3.05, 3.63) is 47.8 Å². The van der Waals surface area contributed by atoms with Gasteiger partial charge in [0.2, 0.25) is 0 Å². The lowest BCUT2D eigenvalue weighted by Gasteiger charge is -2.03. The van der Waals surface area contributed by atoms with Gasteiger partial charge in [0, 0.05) is 36.0 Å². The highest BCUT2D eigenvalue weighted by molar-refractivity contribution is 5.98. The number of rotatable bonds is 3. The highest BCUT2D eigenvalue weighted by Gasteiger charge is 2.15. The number of carboxylic acid groups (broad SMARTS) is 1. The largest absolute Gasteiger partial charge is 0.497 e. The molecule has 0 unspecified atom stereocenters. The Balaban J connectivity index is 2.22. The Morgan fingerprint density at radius 3 is 2.64 bits per heavy atom.